The summed E-state index contributed by atoms with van der Waals surface area (Å²) in [5.41, 5.74) is 3.69. The first-order valence-corrected chi connectivity index (χ1v) is 5.68. The van der Waals surface area contributed by atoms with E-state index < -0.39 is 5.60 Å². The van der Waals surface area contributed by atoms with E-state index in [4.69, 9.17) is 0 Å². The van der Waals surface area contributed by atoms with Gasteiger partial charge in [0, 0.05) is 0 Å². The van der Waals surface area contributed by atoms with Gasteiger partial charge in [-0.25, -0.2) is 0 Å². The molecule has 0 aliphatic heterocycles. The van der Waals surface area contributed by atoms with Crippen LogP contribution in [0.1, 0.15) is 30.9 Å². The summed E-state index contributed by atoms with van der Waals surface area (Å²) in [4.78, 5) is 0. The number of aliphatic hydroxyl groups is 1. The van der Waals surface area contributed by atoms with E-state index in [-0.39, 0.29) is 0 Å². The number of hydrogen-bond acceptors (Lipinski definition) is 1. The number of aryl methyl sites for hydroxylation is 1. The second-order valence-corrected chi connectivity index (χ2v) is 4.86. The molecule has 0 bridgehead atoms. The fourth-order valence-electron chi connectivity index (χ4n) is 2.10. The summed E-state index contributed by atoms with van der Waals surface area (Å²) in [5.74, 6) is 0. The zero-order valence-corrected chi connectivity index (χ0v) is 9.96. The Kier molecular flexibility index (Phi) is 2.73. The normalized spacial score (nSPS) is 25.4. The van der Waals surface area contributed by atoms with Crippen LogP contribution < -0.4 is 0 Å². The van der Waals surface area contributed by atoms with E-state index in [9.17, 15) is 5.11 Å². The minimum atomic E-state index is -0.726. The molecule has 0 fully saturated rings. The largest absolute Gasteiger partial charge is 0.385 e. The predicted octanol–water partition coefficient (Wildman–Crippen LogP) is 3.48. The zero-order valence-electron chi connectivity index (χ0n) is 9.96. The number of benzene rings is 1. The Morgan fingerprint density at radius 1 is 1.25 bits per heavy atom. The molecule has 2 rings (SSSR count). The molecule has 0 aromatic heterocycles. The van der Waals surface area contributed by atoms with Gasteiger partial charge < -0.3 is 5.11 Å². The van der Waals surface area contributed by atoms with Gasteiger partial charge in [-0.3, -0.25) is 0 Å². The summed E-state index contributed by atoms with van der Waals surface area (Å²) in [6.07, 6.45) is 3.65. The molecule has 1 heteroatoms. The third-order valence-corrected chi connectivity index (χ3v) is 3.22. The lowest BCUT2D eigenvalue weighted by molar-refractivity contribution is 0.110. The van der Waals surface area contributed by atoms with Crippen molar-refractivity contribution in [2.24, 2.45) is 0 Å². The Morgan fingerprint density at radius 2 is 1.88 bits per heavy atom. The van der Waals surface area contributed by atoms with Crippen molar-refractivity contribution < 1.29 is 5.11 Å². The van der Waals surface area contributed by atoms with Crippen molar-refractivity contribution >= 4 is 5.57 Å². The maximum Gasteiger partial charge on any atom is 0.0877 e. The van der Waals surface area contributed by atoms with E-state index >= 15 is 0 Å². The van der Waals surface area contributed by atoms with Crippen molar-refractivity contribution in [3.63, 3.8) is 0 Å². The average molecular weight is 214 g/mol. The van der Waals surface area contributed by atoms with Gasteiger partial charge in [-0.15, -0.1) is 0 Å². The van der Waals surface area contributed by atoms with Gasteiger partial charge in [-0.1, -0.05) is 48.1 Å². The molecule has 1 aliphatic carbocycles. The minimum absolute atomic E-state index is 0.726. The van der Waals surface area contributed by atoms with Gasteiger partial charge in [0.2, 0.25) is 0 Å². The second kappa shape index (κ2) is 3.91. The van der Waals surface area contributed by atoms with Crippen molar-refractivity contribution in [2.75, 3.05) is 0 Å². The summed E-state index contributed by atoms with van der Waals surface area (Å²) in [7, 11) is 0. The van der Waals surface area contributed by atoms with E-state index in [0.29, 0.717) is 0 Å². The van der Waals surface area contributed by atoms with Crippen LogP contribution in [0.25, 0.3) is 5.57 Å². The maximum atomic E-state index is 10.4. The zero-order chi connectivity index (χ0) is 11.8. The summed E-state index contributed by atoms with van der Waals surface area (Å²) < 4.78 is 0. The Bertz CT molecular complexity index is 435. The van der Waals surface area contributed by atoms with E-state index in [2.05, 4.69) is 37.8 Å². The summed E-state index contributed by atoms with van der Waals surface area (Å²) in [6.45, 7) is 7.93. The molecule has 1 atom stereocenters. The second-order valence-electron chi connectivity index (χ2n) is 4.86. The fourth-order valence-corrected chi connectivity index (χ4v) is 2.10. The van der Waals surface area contributed by atoms with Crippen molar-refractivity contribution in [1.29, 1.82) is 0 Å². The molecule has 1 nitrogen and oxygen atoms in total. The molecule has 0 saturated carbocycles. The Hall–Kier alpha value is -1.34. The van der Waals surface area contributed by atoms with Crippen molar-refractivity contribution in [2.45, 2.75) is 32.3 Å². The highest BCUT2D eigenvalue weighted by atomic mass is 16.3. The summed E-state index contributed by atoms with van der Waals surface area (Å²) >= 11 is 0. The lowest BCUT2D eigenvalue weighted by atomic mass is 9.79. The van der Waals surface area contributed by atoms with E-state index in [0.717, 1.165) is 29.6 Å². The minimum Gasteiger partial charge on any atom is -0.385 e. The quantitative estimate of drug-likeness (QED) is 0.758. The highest BCUT2D eigenvalue weighted by Crippen LogP contribution is 2.37. The molecule has 0 heterocycles. The Morgan fingerprint density at radius 3 is 2.50 bits per heavy atom. The van der Waals surface area contributed by atoms with Crippen LogP contribution in [0.5, 0.6) is 0 Å². The first-order chi connectivity index (χ1) is 7.49. The van der Waals surface area contributed by atoms with Crippen molar-refractivity contribution in [3.8, 4) is 0 Å². The van der Waals surface area contributed by atoms with Crippen molar-refractivity contribution in [3.05, 3.63) is 53.6 Å². The standard InChI is InChI=1S/C15H18O/c1-11-4-6-13(7-5-11)14-10-12(2)8-9-15(14,3)16/h4-7,10,16H,2,8-9H2,1,3H3. The molecule has 0 radical (unpaired) electrons. The fraction of sp³-hybridized carbons (Fsp3) is 0.333. The Labute approximate surface area is 97.1 Å². The topological polar surface area (TPSA) is 20.2 Å². The number of hydrogen-bond donors (Lipinski definition) is 1. The van der Waals surface area contributed by atoms with Crippen LogP contribution in [0.2, 0.25) is 0 Å². The molecule has 1 aliphatic rings. The molecule has 0 spiro atoms. The van der Waals surface area contributed by atoms with Gasteiger partial charge in [-0.2, -0.15) is 0 Å². The van der Waals surface area contributed by atoms with Gasteiger partial charge in [0.25, 0.3) is 0 Å². The van der Waals surface area contributed by atoms with Crippen LogP contribution in [-0.2, 0) is 0 Å². The molecule has 1 unspecified atom stereocenters. The molecule has 0 amide bonds. The average Bonchev–Trinajstić information content (AvgIpc) is 2.23. The number of allylic oxidation sites excluding steroid dienone is 2. The molecular weight excluding hydrogens is 196 g/mol. The SMILES string of the molecule is C=C1C=C(c2ccc(C)cc2)C(C)(O)CC1. The summed E-state index contributed by atoms with van der Waals surface area (Å²) in [6, 6.07) is 8.27. The van der Waals surface area contributed by atoms with Crippen LogP contribution >= 0.6 is 0 Å². The van der Waals surface area contributed by atoms with Crippen LogP contribution in [-0.4, -0.2) is 10.7 Å². The van der Waals surface area contributed by atoms with Crippen LogP contribution in [0.4, 0.5) is 0 Å². The Balaban J connectivity index is 2.45. The van der Waals surface area contributed by atoms with E-state index in [1.165, 1.54) is 5.56 Å². The maximum absolute atomic E-state index is 10.4. The lowest BCUT2D eigenvalue weighted by Gasteiger charge is -2.31. The first kappa shape index (κ1) is 11.2. The smallest absolute Gasteiger partial charge is 0.0877 e. The lowest BCUT2D eigenvalue weighted by Crippen LogP contribution is -2.28. The molecule has 1 N–H and O–H groups in total. The van der Waals surface area contributed by atoms with Gasteiger partial charge in [0.15, 0.2) is 0 Å². The predicted molar refractivity (Wildman–Crippen MR) is 68.2 cm³/mol. The molecule has 1 aromatic carbocycles. The van der Waals surface area contributed by atoms with Crippen LogP contribution in [0.3, 0.4) is 0 Å². The highest BCUT2D eigenvalue weighted by Gasteiger charge is 2.29. The highest BCUT2D eigenvalue weighted by molar-refractivity contribution is 5.75. The van der Waals surface area contributed by atoms with Crippen molar-refractivity contribution in [1.82, 2.24) is 0 Å². The molecule has 1 aromatic rings. The summed E-state index contributed by atoms with van der Waals surface area (Å²) in [5, 5.41) is 10.4. The molecule has 0 saturated heterocycles. The van der Waals surface area contributed by atoms with Gasteiger partial charge >= 0.3 is 0 Å². The molecule has 84 valence electrons. The van der Waals surface area contributed by atoms with Gasteiger partial charge in [0.1, 0.15) is 0 Å². The van der Waals surface area contributed by atoms with Gasteiger partial charge in [-0.05, 0) is 37.8 Å². The molecular formula is C15H18O. The van der Waals surface area contributed by atoms with Gasteiger partial charge in [0.05, 0.1) is 5.60 Å². The van der Waals surface area contributed by atoms with Crippen LogP contribution in [0.15, 0.2) is 42.5 Å². The van der Waals surface area contributed by atoms with E-state index in [1.54, 1.807) is 0 Å². The van der Waals surface area contributed by atoms with E-state index in [1.807, 2.05) is 13.0 Å². The monoisotopic (exact) mass is 214 g/mol. The third kappa shape index (κ3) is 2.10. The third-order valence-electron chi connectivity index (χ3n) is 3.22. The van der Waals surface area contributed by atoms with Crippen LogP contribution in [0, 0.1) is 6.92 Å². The molecule has 16 heavy (non-hydrogen) atoms. The first-order valence-electron chi connectivity index (χ1n) is 5.68. The number of rotatable bonds is 1.